The van der Waals surface area contributed by atoms with Crippen LogP contribution in [0.4, 0.5) is 10.1 Å². The number of anilines is 1. The molecule has 0 radical (unpaired) electrons. The summed E-state index contributed by atoms with van der Waals surface area (Å²) in [6.07, 6.45) is 2.33. The molecule has 100 valence electrons. The van der Waals surface area contributed by atoms with Gasteiger partial charge in [0.2, 0.25) is 0 Å². The highest BCUT2D eigenvalue weighted by Crippen LogP contribution is 2.44. The van der Waals surface area contributed by atoms with E-state index in [0.717, 1.165) is 12.8 Å². The van der Waals surface area contributed by atoms with Crippen molar-refractivity contribution in [2.24, 2.45) is 5.92 Å². The zero-order valence-electron chi connectivity index (χ0n) is 11.0. The van der Waals surface area contributed by atoms with Gasteiger partial charge in [0, 0.05) is 5.69 Å². The Kier molecular flexibility index (Phi) is 2.55. The molecule has 19 heavy (non-hydrogen) atoms. The standard InChI is InChI=1S/C13H16FN5/c1-13(2,8-3-4-8)19-12(16-17-18-19)10-6-5-9(15)7-11(10)14/h5-8H,3-4,15H2,1-2H3. The van der Waals surface area contributed by atoms with Gasteiger partial charge in [-0.3, -0.25) is 0 Å². The van der Waals surface area contributed by atoms with E-state index in [-0.39, 0.29) is 5.54 Å². The molecule has 0 atom stereocenters. The predicted molar refractivity (Wildman–Crippen MR) is 69.7 cm³/mol. The second-order valence-corrected chi connectivity index (χ2v) is 5.58. The second-order valence-electron chi connectivity index (χ2n) is 5.58. The van der Waals surface area contributed by atoms with Crippen LogP contribution < -0.4 is 5.73 Å². The van der Waals surface area contributed by atoms with E-state index in [0.29, 0.717) is 23.0 Å². The molecule has 1 aliphatic carbocycles. The van der Waals surface area contributed by atoms with Crippen molar-refractivity contribution in [2.45, 2.75) is 32.2 Å². The Morgan fingerprint density at radius 1 is 1.37 bits per heavy atom. The number of nitrogens with two attached hydrogens (primary N) is 1. The van der Waals surface area contributed by atoms with E-state index in [1.807, 2.05) is 0 Å². The quantitative estimate of drug-likeness (QED) is 0.860. The highest BCUT2D eigenvalue weighted by atomic mass is 19.1. The van der Waals surface area contributed by atoms with E-state index < -0.39 is 5.82 Å². The molecule has 1 saturated carbocycles. The smallest absolute Gasteiger partial charge is 0.185 e. The normalized spacial score (nSPS) is 15.7. The summed E-state index contributed by atoms with van der Waals surface area (Å²) < 4.78 is 15.7. The minimum Gasteiger partial charge on any atom is -0.399 e. The number of benzene rings is 1. The third-order valence-electron chi connectivity index (χ3n) is 3.83. The molecule has 5 nitrogen and oxygen atoms in total. The van der Waals surface area contributed by atoms with E-state index in [9.17, 15) is 4.39 Å². The molecule has 3 rings (SSSR count). The van der Waals surface area contributed by atoms with Gasteiger partial charge in [0.15, 0.2) is 5.82 Å². The summed E-state index contributed by atoms with van der Waals surface area (Å²) in [7, 11) is 0. The van der Waals surface area contributed by atoms with Gasteiger partial charge in [0.05, 0.1) is 11.1 Å². The molecule has 2 N–H and O–H groups in total. The third-order valence-corrected chi connectivity index (χ3v) is 3.83. The molecule has 0 aliphatic heterocycles. The lowest BCUT2D eigenvalue weighted by Crippen LogP contribution is -2.30. The number of nitrogens with zero attached hydrogens (tertiary/aromatic N) is 4. The van der Waals surface area contributed by atoms with Crippen LogP contribution in [-0.4, -0.2) is 20.2 Å². The van der Waals surface area contributed by atoms with Gasteiger partial charge >= 0.3 is 0 Å². The third kappa shape index (κ3) is 1.97. The van der Waals surface area contributed by atoms with E-state index in [2.05, 4.69) is 29.4 Å². The minimum atomic E-state index is -0.400. The minimum absolute atomic E-state index is 0.202. The zero-order valence-corrected chi connectivity index (χ0v) is 11.0. The first kappa shape index (κ1) is 12.1. The number of halogens is 1. The first-order valence-corrected chi connectivity index (χ1v) is 6.34. The Morgan fingerprint density at radius 3 is 2.74 bits per heavy atom. The van der Waals surface area contributed by atoms with Crippen molar-refractivity contribution in [3.05, 3.63) is 24.0 Å². The number of nitrogen functional groups attached to an aromatic ring is 1. The van der Waals surface area contributed by atoms with Gasteiger partial charge in [0.1, 0.15) is 5.82 Å². The van der Waals surface area contributed by atoms with Crippen molar-refractivity contribution in [1.29, 1.82) is 0 Å². The maximum absolute atomic E-state index is 14.0. The number of tetrazole rings is 1. The Labute approximate surface area is 110 Å². The molecule has 1 aromatic carbocycles. The van der Waals surface area contributed by atoms with Crippen LogP contribution in [0.25, 0.3) is 11.4 Å². The summed E-state index contributed by atoms with van der Waals surface area (Å²) in [6, 6.07) is 4.57. The van der Waals surface area contributed by atoms with Crippen molar-refractivity contribution < 1.29 is 4.39 Å². The monoisotopic (exact) mass is 261 g/mol. The molecule has 1 aliphatic rings. The maximum Gasteiger partial charge on any atom is 0.185 e. The van der Waals surface area contributed by atoms with Crippen molar-refractivity contribution in [3.8, 4) is 11.4 Å². The van der Waals surface area contributed by atoms with Crippen molar-refractivity contribution in [2.75, 3.05) is 5.73 Å². The van der Waals surface area contributed by atoms with E-state index in [1.54, 1.807) is 16.8 Å². The second kappa shape index (κ2) is 4.01. The molecule has 1 fully saturated rings. The van der Waals surface area contributed by atoms with Crippen molar-refractivity contribution in [1.82, 2.24) is 20.2 Å². The molecule has 0 spiro atoms. The number of aromatic nitrogens is 4. The number of hydrogen-bond donors (Lipinski definition) is 1. The average molecular weight is 261 g/mol. The first-order valence-electron chi connectivity index (χ1n) is 6.34. The number of hydrogen-bond acceptors (Lipinski definition) is 4. The largest absolute Gasteiger partial charge is 0.399 e. The van der Waals surface area contributed by atoms with Gasteiger partial charge < -0.3 is 5.73 Å². The van der Waals surface area contributed by atoms with E-state index in [1.165, 1.54) is 6.07 Å². The fourth-order valence-corrected chi connectivity index (χ4v) is 2.42. The van der Waals surface area contributed by atoms with Crippen LogP contribution in [0.1, 0.15) is 26.7 Å². The fourth-order valence-electron chi connectivity index (χ4n) is 2.42. The van der Waals surface area contributed by atoms with Gasteiger partial charge in [-0.2, -0.15) is 0 Å². The Hall–Kier alpha value is -1.98. The Balaban J connectivity index is 2.09. The number of rotatable bonds is 3. The Bertz CT molecular complexity index is 615. The van der Waals surface area contributed by atoms with Crippen LogP contribution >= 0.6 is 0 Å². The topological polar surface area (TPSA) is 69.6 Å². The van der Waals surface area contributed by atoms with E-state index in [4.69, 9.17) is 5.73 Å². The predicted octanol–water partition coefficient (Wildman–Crippen LogP) is 2.21. The Morgan fingerprint density at radius 2 is 2.11 bits per heavy atom. The molecule has 0 bridgehead atoms. The molecular weight excluding hydrogens is 245 g/mol. The fraction of sp³-hybridized carbons (Fsp3) is 0.462. The molecule has 1 aromatic heterocycles. The van der Waals surface area contributed by atoms with Crippen molar-refractivity contribution >= 4 is 5.69 Å². The maximum atomic E-state index is 14.0. The lowest BCUT2D eigenvalue weighted by atomic mass is 9.98. The first-order chi connectivity index (χ1) is 9.00. The van der Waals surface area contributed by atoms with Gasteiger partial charge in [0.25, 0.3) is 0 Å². The molecule has 2 aromatic rings. The molecule has 0 amide bonds. The van der Waals surface area contributed by atoms with Crippen LogP contribution in [-0.2, 0) is 5.54 Å². The summed E-state index contributed by atoms with van der Waals surface area (Å²) in [4.78, 5) is 0. The van der Waals surface area contributed by atoms with Crippen LogP contribution in [0.2, 0.25) is 0 Å². The van der Waals surface area contributed by atoms with Crippen molar-refractivity contribution in [3.63, 3.8) is 0 Å². The molecule has 6 heteroatoms. The average Bonchev–Trinajstić information content (AvgIpc) is 3.09. The highest BCUT2D eigenvalue weighted by Gasteiger charge is 2.41. The summed E-state index contributed by atoms with van der Waals surface area (Å²) >= 11 is 0. The van der Waals surface area contributed by atoms with Gasteiger partial charge in [-0.1, -0.05) is 0 Å². The SMILES string of the molecule is CC(C)(C1CC1)n1nnnc1-c1ccc(N)cc1F. The van der Waals surface area contributed by atoms with Gasteiger partial charge in [-0.15, -0.1) is 5.10 Å². The summed E-state index contributed by atoms with van der Waals surface area (Å²) in [5.41, 5.74) is 6.14. The summed E-state index contributed by atoms with van der Waals surface area (Å²) in [5.74, 6) is 0.601. The lowest BCUT2D eigenvalue weighted by molar-refractivity contribution is 0.271. The van der Waals surface area contributed by atoms with Gasteiger partial charge in [-0.25, -0.2) is 9.07 Å². The van der Waals surface area contributed by atoms with Crippen LogP contribution in [0.3, 0.4) is 0 Å². The molecular formula is C13H16FN5. The van der Waals surface area contributed by atoms with Gasteiger partial charge in [-0.05, 0) is 61.2 Å². The van der Waals surface area contributed by atoms with E-state index >= 15 is 0 Å². The molecule has 0 saturated heterocycles. The van der Waals surface area contributed by atoms with Crippen LogP contribution in [0, 0.1) is 11.7 Å². The zero-order chi connectivity index (χ0) is 13.6. The molecule has 0 unspecified atom stereocenters. The highest BCUT2D eigenvalue weighted by molar-refractivity contribution is 5.59. The summed E-state index contributed by atoms with van der Waals surface area (Å²) in [5, 5.41) is 11.7. The lowest BCUT2D eigenvalue weighted by Gasteiger charge is -2.25. The summed E-state index contributed by atoms with van der Waals surface area (Å²) in [6.45, 7) is 4.17. The van der Waals surface area contributed by atoms with Crippen LogP contribution in [0.5, 0.6) is 0 Å². The molecule has 1 heterocycles. The van der Waals surface area contributed by atoms with Crippen LogP contribution in [0.15, 0.2) is 18.2 Å².